The molecule has 51 heavy (non-hydrogen) atoms. The number of nitrogens with zero attached hydrogens (tertiary/aromatic N) is 2. The Bertz CT molecular complexity index is 2420. The van der Waals surface area contributed by atoms with Gasteiger partial charge in [-0.2, -0.15) is 0 Å². The predicted molar refractivity (Wildman–Crippen MR) is 212 cm³/mol. The van der Waals surface area contributed by atoms with Gasteiger partial charge in [-0.05, 0) is 100 Å². The van der Waals surface area contributed by atoms with E-state index in [-0.39, 0.29) is 0 Å². The summed E-state index contributed by atoms with van der Waals surface area (Å²) < 4.78 is 6.62. The van der Waals surface area contributed by atoms with Gasteiger partial charge in [0.1, 0.15) is 0 Å². The van der Waals surface area contributed by atoms with Gasteiger partial charge in [0.05, 0.1) is 11.4 Å². The van der Waals surface area contributed by atoms with E-state index in [4.69, 9.17) is 4.74 Å². The van der Waals surface area contributed by atoms with Crippen molar-refractivity contribution in [3.8, 4) is 44.9 Å². The molecule has 0 amide bonds. The maximum Gasteiger partial charge on any atom is 0.153 e. The van der Waals surface area contributed by atoms with Crippen molar-refractivity contribution in [2.75, 3.05) is 9.80 Å². The lowest BCUT2D eigenvalue weighted by Gasteiger charge is -2.34. The van der Waals surface area contributed by atoms with Gasteiger partial charge in [0.15, 0.2) is 11.5 Å². The maximum atomic E-state index is 6.62. The van der Waals surface area contributed by atoms with Gasteiger partial charge in [-0.15, -0.1) is 0 Å². The number of anilines is 6. The molecule has 0 spiro atoms. The number of benzene rings is 8. The number of hydrogen-bond acceptors (Lipinski definition) is 3. The first-order valence-electron chi connectivity index (χ1n) is 17.3. The summed E-state index contributed by atoms with van der Waals surface area (Å²) in [4.78, 5) is 4.57. The predicted octanol–water partition coefficient (Wildman–Crippen LogP) is 13.7. The lowest BCUT2D eigenvalue weighted by molar-refractivity contribution is 0.477. The van der Waals surface area contributed by atoms with E-state index in [1.807, 2.05) is 18.2 Å². The van der Waals surface area contributed by atoms with Crippen molar-refractivity contribution >= 4 is 34.1 Å². The highest BCUT2D eigenvalue weighted by Gasteiger charge is 2.27. The van der Waals surface area contributed by atoms with Crippen molar-refractivity contribution in [1.29, 1.82) is 0 Å². The monoisotopic (exact) mass is 654 g/mol. The van der Waals surface area contributed by atoms with E-state index in [2.05, 4.69) is 198 Å². The summed E-state index contributed by atoms with van der Waals surface area (Å²) in [6.07, 6.45) is 0. The van der Waals surface area contributed by atoms with E-state index >= 15 is 0 Å². The Morgan fingerprint density at radius 2 is 0.765 bits per heavy atom. The molecule has 3 heteroatoms. The molecule has 242 valence electrons. The Balaban J connectivity index is 1.13. The Morgan fingerprint density at radius 3 is 1.39 bits per heavy atom. The highest BCUT2D eigenvalue weighted by Crippen LogP contribution is 2.52. The van der Waals surface area contributed by atoms with E-state index in [1.54, 1.807) is 0 Å². The third-order valence-electron chi connectivity index (χ3n) is 9.44. The van der Waals surface area contributed by atoms with Crippen LogP contribution in [0.1, 0.15) is 0 Å². The minimum absolute atomic E-state index is 0.801. The zero-order valence-corrected chi connectivity index (χ0v) is 27.9. The van der Waals surface area contributed by atoms with Crippen LogP contribution in [0.4, 0.5) is 34.1 Å². The second kappa shape index (κ2) is 13.2. The van der Waals surface area contributed by atoms with E-state index < -0.39 is 0 Å². The summed E-state index contributed by atoms with van der Waals surface area (Å²) in [7, 11) is 0. The molecule has 1 aliphatic rings. The fourth-order valence-corrected chi connectivity index (χ4v) is 6.93. The SMILES string of the molecule is c1ccc(-c2ccc(N(c3ccc(-c4cccc(-c5ccccc5)c4)cc3)c3ccc4c(c3)Oc3ccccc3N4c3ccccc3)cc2)cc1. The molecule has 8 aromatic rings. The van der Waals surface area contributed by atoms with Crippen LogP contribution in [-0.4, -0.2) is 0 Å². The second-order valence-electron chi connectivity index (χ2n) is 12.6. The average Bonchev–Trinajstić information content (AvgIpc) is 3.21. The van der Waals surface area contributed by atoms with Crippen LogP contribution in [-0.2, 0) is 0 Å². The van der Waals surface area contributed by atoms with Crippen LogP contribution < -0.4 is 14.5 Å². The molecule has 0 aromatic heterocycles. The third kappa shape index (κ3) is 5.92. The first kappa shape index (κ1) is 30.2. The number of ether oxygens (including phenoxy) is 1. The van der Waals surface area contributed by atoms with Crippen molar-refractivity contribution in [3.63, 3.8) is 0 Å². The highest BCUT2D eigenvalue weighted by molar-refractivity contribution is 5.89. The van der Waals surface area contributed by atoms with Gasteiger partial charge in [-0.25, -0.2) is 0 Å². The standard InChI is InChI=1S/C48H34N2O/c1-4-13-35(14-5-1)37-23-27-42(28-24-37)49(43-29-25-38(26-30-43)40-18-12-17-39(33-40)36-15-6-2-7-16-36)44-31-32-46-48(34-44)51-47-22-11-10-21-45(47)50(46)41-19-8-3-9-20-41/h1-34H. The van der Waals surface area contributed by atoms with E-state index in [1.165, 1.54) is 33.4 Å². The zero-order chi connectivity index (χ0) is 34.0. The smallest absolute Gasteiger partial charge is 0.153 e. The normalized spacial score (nSPS) is 11.6. The second-order valence-corrected chi connectivity index (χ2v) is 12.6. The molecule has 1 heterocycles. The first-order chi connectivity index (χ1) is 25.3. The summed E-state index contributed by atoms with van der Waals surface area (Å²) in [5.74, 6) is 1.63. The quantitative estimate of drug-likeness (QED) is 0.170. The van der Waals surface area contributed by atoms with Gasteiger partial charge >= 0.3 is 0 Å². The van der Waals surface area contributed by atoms with Crippen LogP contribution in [0, 0.1) is 0 Å². The van der Waals surface area contributed by atoms with Crippen LogP contribution in [0.3, 0.4) is 0 Å². The number of para-hydroxylation sites is 3. The van der Waals surface area contributed by atoms with Gasteiger partial charge in [0.25, 0.3) is 0 Å². The van der Waals surface area contributed by atoms with Gasteiger partial charge in [-0.1, -0.05) is 133 Å². The molecule has 0 saturated carbocycles. The average molecular weight is 655 g/mol. The van der Waals surface area contributed by atoms with Gasteiger partial charge in [-0.3, -0.25) is 0 Å². The topological polar surface area (TPSA) is 15.7 Å². The van der Waals surface area contributed by atoms with E-state index in [0.717, 1.165) is 45.6 Å². The molecule has 0 aliphatic carbocycles. The first-order valence-corrected chi connectivity index (χ1v) is 17.3. The third-order valence-corrected chi connectivity index (χ3v) is 9.44. The molecule has 0 atom stereocenters. The van der Waals surface area contributed by atoms with Gasteiger partial charge in [0, 0.05) is 28.8 Å². The van der Waals surface area contributed by atoms with Crippen LogP contribution in [0.5, 0.6) is 11.5 Å². The van der Waals surface area contributed by atoms with Crippen LogP contribution in [0.2, 0.25) is 0 Å². The summed E-state index contributed by atoms with van der Waals surface area (Å²) in [6.45, 7) is 0. The fraction of sp³-hybridized carbons (Fsp3) is 0. The molecule has 0 N–H and O–H groups in total. The van der Waals surface area contributed by atoms with Crippen molar-refractivity contribution < 1.29 is 4.74 Å². The van der Waals surface area contributed by atoms with Crippen LogP contribution >= 0.6 is 0 Å². The molecular weight excluding hydrogens is 621 g/mol. The number of fused-ring (bicyclic) bond motifs is 2. The molecule has 3 nitrogen and oxygen atoms in total. The van der Waals surface area contributed by atoms with Crippen molar-refractivity contribution in [3.05, 3.63) is 206 Å². The Hall–Kier alpha value is -6.84. The molecule has 8 aromatic carbocycles. The van der Waals surface area contributed by atoms with Gasteiger partial charge in [0.2, 0.25) is 0 Å². The lowest BCUT2D eigenvalue weighted by Crippen LogP contribution is -2.16. The molecule has 0 unspecified atom stereocenters. The molecule has 1 aliphatic heterocycles. The van der Waals surface area contributed by atoms with E-state index in [0.29, 0.717) is 0 Å². The summed E-state index contributed by atoms with van der Waals surface area (Å²) in [6, 6.07) is 72.6. The summed E-state index contributed by atoms with van der Waals surface area (Å²) in [5.41, 5.74) is 13.4. The highest BCUT2D eigenvalue weighted by atomic mass is 16.5. The van der Waals surface area contributed by atoms with Crippen LogP contribution in [0.15, 0.2) is 206 Å². The Labute approximate surface area is 298 Å². The Morgan fingerprint density at radius 1 is 0.314 bits per heavy atom. The fourth-order valence-electron chi connectivity index (χ4n) is 6.93. The number of hydrogen-bond donors (Lipinski definition) is 0. The summed E-state index contributed by atoms with van der Waals surface area (Å²) >= 11 is 0. The van der Waals surface area contributed by atoms with Crippen molar-refractivity contribution in [2.45, 2.75) is 0 Å². The molecular formula is C48H34N2O. The van der Waals surface area contributed by atoms with Crippen molar-refractivity contribution in [2.24, 2.45) is 0 Å². The maximum absolute atomic E-state index is 6.62. The summed E-state index contributed by atoms with van der Waals surface area (Å²) in [5, 5.41) is 0. The minimum Gasteiger partial charge on any atom is -0.453 e. The van der Waals surface area contributed by atoms with Crippen LogP contribution in [0.25, 0.3) is 33.4 Å². The Kier molecular flexibility index (Phi) is 7.84. The number of rotatable bonds is 7. The molecule has 0 fully saturated rings. The molecule has 0 bridgehead atoms. The van der Waals surface area contributed by atoms with Gasteiger partial charge < -0.3 is 14.5 Å². The van der Waals surface area contributed by atoms with E-state index in [9.17, 15) is 0 Å². The minimum atomic E-state index is 0.801. The van der Waals surface area contributed by atoms with Crippen molar-refractivity contribution in [1.82, 2.24) is 0 Å². The molecule has 9 rings (SSSR count). The molecule has 0 radical (unpaired) electrons. The largest absolute Gasteiger partial charge is 0.453 e. The molecule has 0 saturated heterocycles. The lowest BCUT2D eigenvalue weighted by atomic mass is 9.99. The zero-order valence-electron chi connectivity index (χ0n) is 27.9.